The second-order valence-electron chi connectivity index (χ2n) is 4.59. The highest BCUT2D eigenvalue weighted by Crippen LogP contribution is 2.34. The Kier molecular flexibility index (Phi) is 5.63. The molecule has 0 saturated carbocycles. The SMILES string of the molecule is CC(C)CNC(=O)CNS(=O)(=O)c1cc([N+](=O)[O-])c(N)s1. The molecule has 118 valence electrons. The number of anilines is 1. The highest BCUT2D eigenvalue weighted by molar-refractivity contribution is 7.91. The molecule has 1 rings (SSSR count). The zero-order valence-corrected chi connectivity index (χ0v) is 13.1. The Morgan fingerprint density at radius 1 is 1.52 bits per heavy atom. The molecule has 11 heteroatoms. The summed E-state index contributed by atoms with van der Waals surface area (Å²) in [5.74, 6) is -0.239. The minimum absolute atomic E-state index is 0.204. The average molecular weight is 336 g/mol. The molecule has 1 aromatic heterocycles. The molecule has 0 saturated heterocycles. The summed E-state index contributed by atoms with van der Waals surface area (Å²) in [6, 6.07) is 0.869. The van der Waals surface area contributed by atoms with Crippen LogP contribution in [-0.4, -0.2) is 32.3 Å². The number of sulfonamides is 1. The van der Waals surface area contributed by atoms with Gasteiger partial charge in [0.15, 0.2) is 5.00 Å². The summed E-state index contributed by atoms with van der Waals surface area (Å²) in [5.41, 5.74) is 4.91. The Bertz CT molecular complexity index is 638. The number of hydrogen-bond donors (Lipinski definition) is 3. The van der Waals surface area contributed by atoms with Crippen molar-refractivity contribution >= 4 is 38.0 Å². The van der Waals surface area contributed by atoms with Crippen molar-refractivity contribution in [2.24, 2.45) is 5.92 Å². The van der Waals surface area contributed by atoms with E-state index in [1.54, 1.807) is 0 Å². The second kappa shape index (κ2) is 6.83. The van der Waals surface area contributed by atoms with E-state index >= 15 is 0 Å². The van der Waals surface area contributed by atoms with Gasteiger partial charge in [-0.1, -0.05) is 25.2 Å². The van der Waals surface area contributed by atoms with Crippen molar-refractivity contribution in [2.75, 3.05) is 18.8 Å². The maximum absolute atomic E-state index is 11.9. The summed E-state index contributed by atoms with van der Waals surface area (Å²) >= 11 is 0.573. The van der Waals surface area contributed by atoms with Gasteiger partial charge in [0.2, 0.25) is 5.91 Å². The molecule has 0 bridgehead atoms. The number of nitrogens with two attached hydrogens (primary N) is 1. The van der Waals surface area contributed by atoms with Gasteiger partial charge >= 0.3 is 5.69 Å². The van der Waals surface area contributed by atoms with Crippen molar-refractivity contribution in [3.63, 3.8) is 0 Å². The van der Waals surface area contributed by atoms with Gasteiger partial charge in [-0.25, -0.2) is 13.1 Å². The van der Waals surface area contributed by atoms with Crippen LogP contribution in [0.15, 0.2) is 10.3 Å². The van der Waals surface area contributed by atoms with E-state index in [4.69, 9.17) is 5.73 Å². The molecule has 0 spiro atoms. The molecule has 0 atom stereocenters. The van der Waals surface area contributed by atoms with Crippen LogP contribution in [0, 0.1) is 16.0 Å². The quantitative estimate of drug-likeness (QED) is 0.482. The van der Waals surface area contributed by atoms with E-state index < -0.39 is 33.1 Å². The van der Waals surface area contributed by atoms with Crippen LogP contribution in [-0.2, 0) is 14.8 Å². The smallest absolute Gasteiger partial charge is 0.304 e. The molecule has 0 unspecified atom stereocenters. The predicted molar refractivity (Wildman–Crippen MR) is 78.4 cm³/mol. The number of nitrogen functional groups attached to an aromatic ring is 1. The predicted octanol–water partition coefficient (Wildman–Crippen LogP) is 0.289. The van der Waals surface area contributed by atoms with E-state index in [0.717, 1.165) is 6.07 Å². The summed E-state index contributed by atoms with van der Waals surface area (Å²) in [4.78, 5) is 21.3. The lowest BCUT2D eigenvalue weighted by molar-refractivity contribution is -0.383. The number of carbonyl (C=O) groups is 1. The average Bonchev–Trinajstić information content (AvgIpc) is 2.77. The molecule has 21 heavy (non-hydrogen) atoms. The number of rotatable bonds is 7. The van der Waals surface area contributed by atoms with Gasteiger partial charge in [-0.3, -0.25) is 14.9 Å². The van der Waals surface area contributed by atoms with Gasteiger partial charge < -0.3 is 11.1 Å². The summed E-state index contributed by atoms with van der Waals surface area (Å²) in [5, 5.41) is 13.0. The third-order valence-electron chi connectivity index (χ3n) is 2.31. The van der Waals surface area contributed by atoms with Crippen LogP contribution < -0.4 is 15.8 Å². The van der Waals surface area contributed by atoms with Crippen LogP contribution in [0.4, 0.5) is 10.7 Å². The Labute approximate surface area is 125 Å². The molecule has 0 aromatic carbocycles. The number of nitro groups is 1. The summed E-state index contributed by atoms with van der Waals surface area (Å²) in [6.45, 7) is 3.79. The summed E-state index contributed by atoms with van der Waals surface area (Å²) < 4.78 is 25.6. The van der Waals surface area contributed by atoms with Crippen molar-refractivity contribution in [1.82, 2.24) is 10.0 Å². The normalized spacial score (nSPS) is 11.6. The summed E-state index contributed by atoms with van der Waals surface area (Å²) in [6.07, 6.45) is 0. The minimum Gasteiger partial charge on any atom is -0.385 e. The molecule has 0 radical (unpaired) electrons. The van der Waals surface area contributed by atoms with E-state index in [0.29, 0.717) is 17.9 Å². The highest BCUT2D eigenvalue weighted by atomic mass is 32.2. The minimum atomic E-state index is -4.01. The lowest BCUT2D eigenvalue weighted by Gasteiger charge is -2.08. The van der Waals surface area contributed by atoms with E-state index in [-0.39, 0.29) is 15.1 Å². The Balaban J connectivity index is 2.72. The third kappa shape index (κ3) is 4.95. The van der Waals surface area contributed by atoms with Crippen molar-refractivity contribution in [1.29, 1.82) is 0 Å². The zero-order chi connectivity index (χ0) is 16.2. The molecular weight excluding hydrogens is 320 g/mol. The third-order valence-corrected chi connectivity index (χ3v) is 5.14. The first-order valence-corrected chi connectivity index (χ1v) is 8.23. The van der Waals surface area contributed by atoms with Crippen molar-refractivity contribution in [3.05, 3.63) is 16.2 Å². The van der Waals surface area contributed by atoms with Crippen LogP contribution >= 0.6 is 11.3 Å². The van der Waals surface area contributed by atoms with Gasteiger partial charge in [-0.05, 0) is 5.92 Å². The maximum atomic E-state index is 11.9. The van der Waals surface area contributed by atoms with Crippen LogP contribution in [0.1, 0.15) is 13.8 Å². The van der Waals surface area contributed by atoms with Crippen LogP contribution in [0.2, 0.25) is 0 Å². The van der Waals surface area contributed by atoms with Crippen LogP contribution in [0.5, 0.6) is 0 Å². The van der Waals surface area contributed by atoms with Gasteiger partial charge in [-0.15, -0.1) is 0 Å². The lowest BCUT2D eigenvalue weighted by Crippen LogP contribution is -2.38. The fourth-order valence-corrected chi connectivity index (χ4v) is 3.50. The molecule has 1 heterocycles. The maximum Gasteiger partial charge on any atom is 0.304 e. The Hall–Kier alpha value is -1.72. The van der Waals surface area contributed by atoms with Crippen molar-refractivity contribution in [2.45, 2.75) is 18.1 Å². The molecular formula is C10H16N4O5S2. The molecule has 0 aliphatic carbocycles. The van der Waals surface area contributed by atoms with Crippen molar-refractivity contribution < 1.29 is 18.1 Å². The Morgan fingerprint density at radius 3 is 2.62 bits per heavy atom. The van der Waals surface area contributed by atoms with E-state index in [9.17, 15) is 23.3 Å². The van der Waals surface area contributed by atoms with E-state index in [1.165, 1.54) is 0 Å². The first-order valence-electron chi connectivity index (χ1n) is 5.93. The van der Waals surface area contributed by atoms with E-state index in [1.807, 2.05) is 13.8 Å². The molecule has 4 N–H and O–H groups in total. The molecule has 1 aromatic rings. The molecule has 0 aliphatic heterocycles. The Morgan fingerprint density at radius 2 is 2.14 bits per heavy atom. The first kappa shape index (κ1) is 17.3. The first-order chi connectivity index (χ1) is 9.63. The number of amides is 1. The second-order valence-corrected chi connectivity index (χ2v) is 7.67. The molecule has 9 nitrogen and oxygen atoms in total. The number of nitrogens with zero attached hydrogens (tertiary/aromatic N) is 1. The highest BCUT2D eigenvalue weighted by Gasteiger charge is 2.25. The standard InChI is InChI=1S/C10H16N4O5S2/c1-6(2)4-12-8(15)5-13-21(18,19)9-3-7(14(16)17)10(11)20-9/h3,6,13H,4-5,11H2,1-2H3,(H,12,15). The van der Waals surface area contributed by atoms with Gasteiger partial charge in [0.1, 0.15) is 4.21 Å². The van der Waals surface area contributed by atoms with Gasteiger partial charge in [0.25, 0.3) is 10.0 Å². The molecule has 1 amide bonds. The van der Waals surface area contributed by atoms with Crippen LogP contribution in [0.25, 0.3) is 0 Å². The van der Waals surface area contributed by atoms with Gasteiger partial charge in [-0.2, -0.15) is 0 Å². The summed E-state index contributed by atoms with van der Waals surface area (Å²) in [7, 11) is -4.01. The lowest BCUT2D eigenvalue weighted by atomic mass is 10.2. The van der Waals surface area contributed by atoms with Crippen LogP contribution in [0.3, 0.4) is 0 Å². The largest absolute Gasteiger partial charge is 0.385 e. The number of carbonyl (C=O) groups excluding carboxylic acids is 1. The number of hydrogen-bond acceptors (Lipinski definition) is 7. The molecule has 0 aliphatic rings. The van der Waals surface area contributed by atoms with Gasteiger partial charge in [0.05, 0.1) is 11.5 Å². The topological polar surface area (TPSA) is 144 Å². The van der Waals surface area contributed by atoms with Crippen molar-refractivity contribution in [3.8, 4) is 0 Å². The fourth-order valence-electron chi connectivity index (χ4n) is 1.26. The number of nitrogens with one attached hydrogen (secondary N) is 2. The monoisotopic (exact) mass is 336 g/mol. The van der Waals surface area contributed by atoms with Gasteiger partial charge in [0, 0.05) is 12.6 Å². The fraction of sp³-hybridized carbons (Fsp3) is 0.500. The zero-order valence-electron chi connectivity index (χ0n) is 11.5. The van der Waals surface area contributed by atoms with E-state index in [2.05, 4.69) is 10.0 Å². The molecule has 0 fully saturated rings. The number of thiophene rings is 1.